The van der Waals surface area contributed by atoms with Crippen molar-refractivity contribution in [2.24, 2.45) is 17.8 Å². The molecule has 0 spiro atoms. The van der Waals surface area contributed by atoms with Gasteiger partial charge in [0.05, 0.1) is 23.8 Å². The number of hydrogen-bond donors (Lipinski definition) is 1. The van der Waals surface area contributed by atoms with Gasteiger partial charge < -0.3 is 14.9 Å². The Bertz CT molecular complexity index is 768. The smallest absolute Gasteiger partial charge is 0.394 e. The molecule has 9 heteroatoms. The van der Waals surface area contributed by atoms with Gasteiger partial charge in [0.2, 0.25) is 11.8 Å². The van der Waals surface area contributed by atoms with E-state index in [-0.39, 0.29) is 24.9 Å². The summed E-state index contributed by atoms with van der Waals surface area (Å²) in [4.78, 5) is 38.8. The van der Waals surface area contributed by atoms with Crippen LogP contribution in [-0.2, 0) is 14.4 Å². The van der Waals surface area contributed by atoms with E-state index in [2.05, 4.69) is 0 Å². The van der Waals surface area contributed by atoms with Crippen molar-refractivity contribution < 1.29 is 32.7 Å². The molecule has 1 aromatic rings. The predicted octanol–water partition coefficient (Wildman–Crippen LogP) is 2.32. The van der Waals surface area contributed by atoms with Crippen LogP contribution in [-0.4, -0.2) is 58.5 Å². The van der Waals surface area contributed by atoms with Gasteiger partial charge in [-0.2, -0.15) is 13.2 Å². The van der Waals surface area contributed by atoms with Gasteiger partial charge >= 0.3 is 12.1 Å². The number of hydrogen-bond acceptors (Lipinski definition) is 3. The molecule has 2 aliphatic rings. The Kier molecular flexibility index (Phi) is 5.36. The summed E-state index contributed by atoms with van der Waals surface area (Å²) in [6.45, 7) is 0.768. The molecule has 0 bridgehead atoms. The lowest BCUT2D eigenvalue weighted by molar-refractivity contribution is -0.188. The Morgan fingerprint density at radius 1 is 1.14 bits per heavy atom. The molecule has 2 heterocycles. The summed E-state index contributed by atoms with van der Waals surface area (Å²) >= 11 is 0. The molecule has 0 saturated carbocycles. The maximum atomic E-state index is 13.1. The highest BCUT2D eigenvalue weighted by molar-refractivity contribution is 5.90. The number of carboxylic acid groups (broad SMARTS) is 1. The third-order valence-corrected chi connectivity index (χ3v) is 5.63. The monoisotopic (exact) mass is 398 g/mol. The number of halogens is 3. The van der Waals surface area contributed by atoms with Crippen molar-refractivity contribution in [2.45, 2.75) is 25.6 Å². The molecule has 28 heavy (non-hydrogen) atoms. The summed E-state index contributed by atoms with van der Waals surface area (Å²) in [5.41, 5.74) is 0.896. The van der Waals surface area contributed by atoms with Gasteiger partial charge in [0.1, 0.15) is 0 Å². The highest BCUT2D eigenvalue weighted by Gasteiger charge is 2.54. The van der Waals surface area contributed by atoms with Crippen molar-refractivity contribution in [2.75, 3.05) is 19.6 Å². The number of aliphatic carboxylic acids is 1. The molecule has 0 aliphatic carbocycles. The fourth-order valence-electron chi connectivity index (χ4n) is 4.01. The molecule has 152 valence electrons. The van der Waals surface area contributed by atoms with Gasteiger partial charge in [0.15, 0.2) is 0 Å². The van der Waals surface area contributed by atoms with Crippen LogP contribution in [0, 0.1) is 17.8 Å². The second-order valence-corrected chi connectivity index (χ2v) is 7.37. The summed E-state index contributed by atoms with van der Waals surface area (Å²) in [5, 5.41) is 9.09. The first-order chi connectivity index (χ1) is 13.1. The van der Waals surface area contributed by atoms with Crippen LogP contribution in [0.25, 0.3) is 0 Å². The lowest BCUT2D eigenvalue weighted by atomic mass is 9.96. The molecule has 6 nitrogen and oxygen atoms in total. The lowest BCUT2D eigenvalue weighted by Gasteiger charge is -2.26. The molecule has 4 atom stereocenters. The minimum atomic E-state index is -4.70. The number of alkyl halides is 3. The first kappa shape index (κ1) is 20.2. The number of nitrogens with zero attached hydrogens (tertiary/aromatic N) is 2. The minimum Gasteiger partial charge on any atom is -0.481 e. The van der Waals surface area contributed by atoms with E-state index in [0.717, 1.165) is 10.5 Å². The maximum Gasteiger partial charge on any atom is 0.394 e. The van der Waals surface area contributed by atoms with Crippen molar-refractivity contribution in [3.05, 3.63) is 35.9 Å². The SMILES string of the molecule is CC(c1ccccc1)N1CC(C(=O)N2C[C@@H](C(F)(F)F)[C@H](C(=O)O)C2)CC1=O. The number of carboxylic acids is 1. The Morgan fingerprint density at radius 3 is 2.32 bits per heavy atom. The van der Waals surface area contributed by atoms with Gasteiger partial charge in [-0.3, -0.25) is 14.4 Å². The van der Waals surface area contributed by atoms with Gasteiger partial charge in [0.25, 0.3) is 0 Å². The number of amides is 2. The van der Waals surface area contributed by atoms with E-state index in [1.165, 1.54) is 0 Å². The molecule has 2 unspecified atom stereocenters. The van der Waals surface area contributed by atoms with Gasteiger partial charge in [-0.15, -0.1) is 0 Å². The molecule has 0 radical (unpaired) electrons. The maximum absolute atomic E-state index is 13.1. The highest BCUT2D eigenvalue weighted by atomic mass is 19.4. The number of likely N-dealkylation sites (tertiary alicyclic amines) is 2. The Balaban J connectivity index is 1.70. The predicted molar refractivity (Wildman–Crippen MR) is 91.9 cm³/mol. The largest absolute Gasteiger partial charge is 0.481 e. The topological polar surface area (TPSA) is 77.9 Å². The number of carbonyl (C=O) groups excluding carboxylic acids is 2. The van der Waals surface area contributed by atoms with Crippen LogP contribution in [0.2, 0.25) is 0 Å². The molecule has 3 rings (SSSR count). The Labute approximate surface area is 159 Å². The molecular formula is C19H21F3N2O4. The fourth-order valence-corrected chi connectivity index (χ4v) is 4.01. The number of rotatable bonds is 4. The standard InChI is InChI=1S/C19H21F3N2O4/c1-11(12-5-3-2-4-6-12)24-8-13(7-16(24)25)17(26)23-9-14(18(27)28)15(10-23)19(20,21)22/h2-6,11,13-15H,7-10H2,1H3,(H,27,28)/t11?,13?,14-,15-/m1/s1. The molecule has 0 aromatic heterocycles. The summed E-state index contributed by atoms with van der Waals surface area (Å²) in [6.07, 6.45) is -4.78. The van der Waals surface area contributed by atoms with Crippen molar-refractivity contribution in [3.63, 3.8) is 0 Å². The average Bonchev–Trinajstić information content (AvgIpc) is 3.25. The molecule has 2 fully saturated rings. The first-order valence-corrected chi connectivity index (χ1v) is 9.02. The Morgan fingerprint density at radius 2 is 1.79 bits per heavy atom. The molecule has 2 saturated heterocycles. The summed E-state index contributed by atoms with van der Waals surface area (Å²) in [6, 6.07) is 8.97. The van der Waals surface area contributed by atoms with E-state index in [9.17, 15) is 27.6 Å². The van der Waals surface area contributed by atoms with Crippen molar-refractivity contribution >= 4 is 17.8 Å². The van der Waals surface area contributed by atoms with Crippen LogP contribution in [0.3, 0.4) is 0 Å². The van der Waals surface area contributed by atoms with E-state index in [0.29, 0.717) is 0 Å². The van der Waals surface area contributed by atoms with Crippen LogP contribution < -0.4 is 0 Å². The first-order valence-electron chi connectivity index (χ1n) is 9.02. The molecule has 2 amide bonds. The summed E-state index contributed by atoms with van der Waals surface area (Å²) in [7, 11) is 0. The lowest BCUT2D eigenvalue weighted by Crippen LogP contribution is -2.37. The van der Waals surface area contributed by atoms with Crippen molar-refractivity contribution in [1.29, 1.82) is 0 Å². The van der Waals surface area contributed by atoms with Gasteiger partial charge in [0, 0.05) is 26.1 Å². The third kappa shape index (κ3) is 3.83. The summed E-state index contributed by atoms with van der Waals surface area (Å²) in [5.74, 6) is -6.93. The van der Waals surface area contributed by atoms with Crippen LogP contribution >= 0.6 is 0 Å². The molecule has 1 N–H and O–H groups in total. The molecule has 2 aliphatic heterocycles. The van der Waals surface area contributed by atoms with E-state index >= 15 is 0 Å². The van der Waals surface area contributed by atoms with E-state index in [1.807, 2.05) is 37.3 Å². The Hall–Kier alpha value is -2.58. The number of benzene rings is 1. The van der Waals surface area contributed by atoms with Crippen LogP contribution in [0.4, 0.5) is 13.2 Å². The van der Waals surface area contributed by atoms with Gasteiger partial charge in [-0.05, 0) is 12.5 Å². The quantitative estimate of drug-likeness (QED) is 0.845. The zero-order valence-corrected chi connectivity index (χ0v) is 15.2. The summed E-state index contributed by atoms with van der Waals surface area (Å²) < 4.78 is 39.4. The van der Waals surface area contributed by atoms with Crippen molar-refractivity contribution in [3.8, 4) is 0 Å². The normalized spacial score (nSPS) is 26.6. The van der Waals surface area contributed by atoms with Crippen LogP contribution in [0.1, 0.15) is 24.9 Å². The second kappa shape index (κ2) is 7.44. The molecular weight excluding hydrogens is 377 g/mol. The van der Waals surface area contributed by atoms with E-state index in [4.69, 9.17) is 5.11 Å². The second-order valence-electron chi connectivity index (χ2n) is 7.37. The van der Waals surface area contributed by atoms with Crippen molar-refractivity contribution in [1.82, 2.24) is 9.80 Å². The minimum absolute atomic E-state index is 0.0824. The third-order valence-electron chi connectivity index (χ3n) is 5.63. The zero-order valence-electron chi connectivity index (χ0n) is 15.2. The average molecular weight is 398 g/mol. The zero-order chi connectivity index (χ0) is 20.6. The van der Waals surface area contributed by atoms with Gasteiger partial charge in [-0.25, -0.2) is 0 Å². The molecule has 1 aromatic carbocycles. The van der Waals surface area contributed by atoms with Crippen LogP contribution in [0.15, 0.2) is 30.3 Å². The van der Waals surface area contributed by atoms with E-state index in [1.54, 1.807) is 4.90 Å². The van der Waals surface area contributed by atoms with E-state index < -0.39 is 48.9 Å². The fraction of sp³-hybridized carbons (Fsp3) is 0.526. The van der Waals surface area contributed by atoms with Gasteiger partial charge in [-0.1, -0.05) is 30.3 Å². The highest BCUT2D eigenvalue weighted by Crippen LogP contribution is 2.39. The number of carbonyl (C=O) groups is 3. The van der Waals surface area contributed by atoms with Crippen LogP contribution in [0.5, 0.6) is 0 Å².